The van der Waals surface area contributed by atoms with Gasteiger partial charge in [-0.2, -0.15) is 0 Å². The van der Waals surface area contributed by atoms with Gasteiger partial charge in [-0.25, -0.2) is 0 Å². The lowest BCUT2D eigenvalue weighted by Gasteiger charge is -2.18. The Bertz CT molecular complexity index is 1320. The number of carbonyl (C=O) groups excluding carboxylic acids is 3. The molecule has 0 N–H and O–H groups in total. The molecule has 0 radical (unpaired) electrons. The lowest BCUT2D eigenvalue weighted by molar-refractivity contribution is -0.167. The monoisotopic (exact) mass is 1110 g/mol. The number of allylic oxidation sites excluding steroid dienone is 6. The summed E-state index contributed by atoms with van der Waals surface area (Å²) in [6.07, 6.45) is 84.8. The van der Waals surface area contributed by atoms with E-state index in [4.69, 9.17) is 14.2 Å². The third-order valence-electron chi connectivity index (χ3n) is 16.2. The quantitative estimate of drug-likeness (QED) is 0.0261. The van der Waals surface area contributed by atoms with E-state index in [0.29, 0.717) is 19.3 Å². The van der Waals surface area contributed by atoms with E-state index < -0.39 is 6.10 Å². The van der Waals surface area contributed by atoms with Gasteiger partial charge < -0.3 is 14.2 Å². The molecule has 0 spiro atoms. The van der Waals surface area contributed by atoms with Crippen LogP contribution >= 0.6 is 0 Å². The van der Waals surface area contributed by atoms with E-state index in [1.54, 1.807) is 0 Å². The molecule has 1 atom stereocenters. The molecule has 6 nitrogen and oxygen atoms in total. The first-order chi connectivity index (χ1) is 39.0. The Balaban J connectivity index is 4.15. The van der Waals surface area contributed by atoms with Crippen molar-refractivity contribution in [3.8, 4) is 0 Å². The van der Waals surface area contributed by atoms with Gasteiger partial charge in [-0.3, -0.25) is 14.4 Å². The molecule has 0 aliphatic heterocycles. The maximum atomic E-state index is 12.9. The molecule has 0 aromatic rings. The minimum atomic E-state index is -0.781. The molecule has 0 amide bonds. The van der Waals surface area contributed by atoms with Crippen molar-refractivity contribution in [1.29, 1.82) is 0 Å². The number of ether oxygens (including phenoxy) is 3. The molecule has 0 fully saturated rings. The minimum absolute atomic E-state index is 0.0759. The fourth-order valence-electron chi connectivity index (χ4n) is 10.9. The van der Waals surface area contributed by atoms with E-state index in [2.05, 4.69) is 57.2 Å². The van der Waals surface area contributed by atoms with E-state index in [1.807, 2.05) is 0 Å². The van der Waals surface area contributed by atoms with Crippen LogP contribution in [0.2, 0.25) is 0 Å². The molecule has 0 rings (SSSR count). The molecule has 79 heavy (non-hydrogen) atoms. The predicted octanol–water partition coefficient (Wildman–Crippen LogP) is 24.3. The molecule has 0 bridgehead atoms. The third-order valence-corrected chi connectivity index (χ3v) is 16.2. The average Bonchev–Trinajstić information content (AvgIpc) is 3.45. The van der Waals surface area contributed by atoms with Gasteiger partial charge >= 0.3 is 17.9 Å². The van der Waals surface area contributed by atoms with E-state index >= 15 is 0 Å². The maximum Gasteiger partial charge on any atom is 0.306 e. The Hall–Kier alpha value is -2.37. The standard InChI is InChI=1S/C73H136O6/c1-4-7-10-13-16-19-22-25-27-29-31-32-33-34-35-36-37-38-39-40-41-42-44-45-48-51-54-57-60-63-66-72(75)78-69-70(68-77-71(74)65-62-59-56-53-50-47-24-21-18-15-12-9-6-3)79-73(76)67-64-61-58-55-52-49-46-43-30-28-26-23-20-17-14-11-8-5-2/h9,12,18,21,47,50,70H,4-8,10-11,13-17,19-20,22-46,48-49,51-69H2,1-3H3/b12-9-,21-18-,50-47-. The van der Waals surface area contributed by atoms with Crippen LogP contribution in [0, 0.1) is 0 Å². The maximum absolute atomic E-state index is 12.9. The van der Waals surface area contributed by atoms with Crippen molar-refractivity contribution in [3.63, 3.8) is 0 Å². The van der Waals surface area contributed by atoms with Crippen molar-refractivity contribution in [1.82, 2.24) is 0 Å². The van der Waals surface area contributed by atoms with Crippen molar-refractivity contribution in [2.45, 2.75) is 399 Å². The second-order valence-corrected chi connectivity index (χ2v) is 24.1. The number of esters is 3. The summed E-state index contributed by atoms with van der Waals surface area (Å²) in [5.74, 6) is -0.878. The molecule has 0 saturated heterocycles. The van der Waals surface area contributed by atoms with E-state index in [-0.39, 0.29) is 31.1 Å². The molecular weight excluding hydrogens is 973 g/mol. The van der Waals surface area contributed by atoms with Crippen LogP contribution < -0.4 is 0 Å². The number of hydrogen-bond donors (Lipinski definition) is 0. The highest BCUT2D eigenvalue weighted by Crippen LogP contribution is 2.19. The fourth-order valence-corrected chi connectivity index (χ4v) is 10.9. The van der Waals surface area contributed by atoms with E-state index in [9.17, 15) is 14.4 Å². The minimum Gasteiger partial charge on any atom is -0.462 e. The van der Waals surface area contributed by atoms with Crippen LogP contribution in [-0.2, 0) is 28.6 Å². The average molecular weight is 1110 g/mol. The Morgan fingerprint density at radius 3 is 0.772 bits per heavy atom. The van der Waals surface area contributed by atoms with Gasteiger partial charge in [0.25, 0.3) is 0 Å². The second kappa shape index (κ2) is 68.1. The van der Waals surface area contributed by atoms with Crippen LogP contribution in [0.5, 0.6) is 0 Å². The second-order valence-electron chi connectivity index (χ2n) is 24.1. The van der Waals surface area contributed by atoms with Crippen molar-refractivity contribution < 1.29 is 28.6 Å². The summed E-state index contributed by atoms with van der Waals surface area (Å²) in [5.41, 5.74) is 0. The molecule has 1 unspecified atom stereocenters. The Morgan fingerprint density at radius 1 is 0.266 bits per heavy atom. The molecule has 0 heterocycles. The zero-order valence-corrected chi connectivity index (χ0v) is 53.4. The van der Waals surface area contributed by atoms with Crippen molar-refractivity contribution in [2.75, 3.05) is 13.2 Å². The predicted molar refractivity (Wildman–Crippen MR) is 344 cm³/mol. The summed E-state index contributed by atoms with van der Waals surface area (Å²) in [5, 5.41) is 0. The van der Waals surface area contributed by atoms with Crippen LogP contribution in [0.15, 0.2) is 36.5 Å². The first-order valence-electron chi connectivity index (χ1n) is 35.5. The summed E-state index contributed by atoms with van der Waals surface area (Å²) >= 11 is 0. The highest BCUT2D eigenvalue weighted by Gasteiger charge is 2.19. The van der Waals surface area contributed by atoms with Crippen LogP contribution in [0.4, 0.5) is 0 Å². The summed E-state index contributed by atoms with van der Waals surface area (Å²) in [6.45, 7) is 6.58. The van der Waals surface area contributed by atoms with Gasteiger partial charge in [0.15, 0.2) is 6.10 Å². The SMILES string of the molecule is CC/C=C\C/C=C\C/C=C\CCCCCC(=O)OCC(COC(=O)CCCCCCCCCCCCCCCCCCCCCCCCCCCCCCCC)OC(=O)CCCCCCCCCCCCCCCCCCCC. The van der Waals surface area contributed by atoms with Crippen molar-refractivity contribution >= 4 is 17.9 Å². The van der Waals surface area contributed by atoms with Crippen molar-refractivity contribution in [2.24, 2.45) is 0 Å². The number of carbonyl (C=O) groups is 3. The molecular formula is C73H136O6. The topological polar surface area (TPSA) is 78.9 Å². The van der Waals surface area contributed by atoms with Gasteiger partial charge in [0.05, 0.1) is 0 Å². The highest BCUT2D eigenvalue weighted by molar-refractivity contribution is 5.71. The largest absolute Gasteiger partial charge is 0.462 e. The van der Waals surface area contributed by atoms with Crippen LogP contribution in [-0.4, -0.2) is 37.2 Å². The van der Waals surface area contributed by atoms with Crippen LogP contribution in [0.1, 0.15) is 393 Å². The Morgan fingerprint density at radius 2 is 0.494 bits per heavy atom. The molecule has 0 aromatic heterocycles. The zero-order chi connectivity index (χ0) is 57.1. The van der Waals surface area contributed by atoms with Gasteiger partial charge in [0.2, 0.25) is 0 Å². The summed E-state index contributed by atoms with van der Waals surface area (Å²) in [6, 6.07) is 0. The summed E-state index contributed by atoms with van der Waals surface area (Å²) < 4.78 is 16.9. The fraction of sp³-hybridized carbons (Fsp3) is 0.877. The molecule has 0 aliphatic carbocycles. The van der Waals surface area contributed by atoms with E-state index in [1.165, 1.54) is 270 Å². The molecule has 464 valence electrons. The summed E-state index contributed by atoms with van der Waals surface area (Å²) in [4.78, 5) is 38.4. The van der Waals surface area contributed by atoms with Gasteiger partial charge in [-0.15, -0.1) is 0 Å². The normalized spacial score (nSPS) is 12.2. The molecule has 0 aliphatic rings. The third kappa shape index (κ3) is 66.3. The Kier molecular flexibility index (Phi) is 66.1. The van der Waals surface area contributed by atoms with Crippen molar-refractivity contribution in [3.05, 3.63) is 36.5 Å². The lowest BCUT2D eigenvalue weighted by atomic mass is 10.0. The van der Waals surface area contributed by atoms with E-state index in [0.717, 1.165) is 83.5 Å². The Labute approximate surface area is 493 Å². The lowest BCUT2D eigenvalue weighted by Crippen LogP contribution is -2.30. The number of rotatable bonds is 66. The van der Waals surface area contributed by atoms with Gasteiger partial charge in [-0.05, 0) is 51.4 Å². The van der Waals surface area contributed by atoms with Gasteiger partial charge in [-0.1, -0.05) is 359 Å². The zero-order valence-electron chi connectivity index (χ0n) is 53.4. The van der Waals surface area contributed by atoms with Crippen LogP contribution in [0.3, 0.4) is 0 Å². The van der Waals surface area contributed by atoms with Crippen LogP contribution in [0.25, 0.3) is 0 Å². The first kappa shape index (κ1) is 76.6. The number of unbranched alkanes of at least 4 members (excludes halogenated alkanes) is 49. The highest BCUT2D eigenvalue weighted by atomic mass is 16.6. The first-order valence-corrected chi connectivity index (χ1v) is 35.5. The summed E-state index contributed by atoms with van der Waals surface area (Å²) in [7, 11) is 0. The van der Waals surface area contributed by atoms with Gasteiger partial charge in [0.1, 0.15) is 13.2 Å². The smallest absolute Gasteiger partial charge is 0.306 e. The molecule has 6 heteroatoms. The molecule has 0 aromatic carbocycles. The molecule has 0 saturated carbocycles. The van der Waals surface area contributed by atoms with Gasteiger partial charge in [0, 0.05) is 19.3 Å². The number of hydrogen-bond acceptors (Lipinski definition) is 6.